The van der Waals surface area contributed by atoms with Gasteiger partial charge in [0.15, 0.2) is 5.43 Å². The first-order chi connectivity index (χ1) is 29.5. The van der Waals surface area contributed by atoms with Crippen LogP contribution >= 0.6 is 11.6 Å². The number of piperidine rings is 1. The molecule has 0 saturated carbocycles. The SMILES string of the molecule is CCOc1cc2oc(-c3ccc(OCCOCCOCCOCCOc4cccc5c4C(=O)N(C4CCC(=O)NC4=O)C5=O)cc3Cl)cc(=O)c2cc1-c1ccc(C)cc1F. The van der Waals surface area contributed by atoms with Crippen LogP contribution in [0.5, 0.6) is 17.2 Å². The van der Waals surface area contributed by atoms with Crippen LogP contribution in [-0.2, 0) is 23.8 Å². The number of hydrogen-bond donors (Lipinski definition) is 1. The molecule has 1 aromatic heterocycles. The zero-order valence-electron chi connectivity index (χ0n) is 33.4. The number of nitrogens with zero attached hydrogens (tertiary/aromatic N) is 1. The van der Waals surface area contributed by atoms with Crippen LogP contribution in [0, 0.1) is 12.7 Å². The van der Waals surface area contributed by atoms with Crippen LogP contribution in [0.3, 0.4) is 0 Å². The number of benzene rings is 4. The second kappa shape index (κ2) is 19.5. The van der Waals surface area contributed by atoms with Crippen LogP contribution in [0.1, 0.15) is 46.0 Å². The molecule has 1 saturated heterocycles. The molecule has 4 aromatic carbocycles. The Morgan fingerprint density at radius 2 is 1.44 bits per heavy atom. The monoisotopic (exact) mass is 856 g/mol. The number of carbonyl (C=O) groups excluding carboxylic acids is 4. The maximum Gasteiger partial charge on any atom is 0.266 e. The third-order valence-corrected chi connectivity index (χ3v) is 10.2. The zero-order valence-corrected chi connectivity index (χ0v) is 34.1. The van der Waals surface area contributed by atoms with Crippen molar-refractivity contribution < 1.29 is 56.4 Å². The topological polar surface area (TPSA) is 169 Å². The van der Waals surface area contributed by atoms with Crippen molar-refractivity contribution >= 4 is 46.2 Å². The second-order valence-corrected chi connectivity index (χ2v) is 14.4. The second-order valence-electron chi connectivity index (χ2n) is 14.0. The third kappa shape index (κ3) is 9.76. The first-order valence-corrected chi connectivity index (χ1v) is 20.1. The van der Waals surface area contributed by atoms with Gasteiger partial charge in [-0.25, -0.2) is 4.39 Å². The molecule has 1 unspecified atom stereocenters. The summed E-state index contributed by atoms with van der Waals surface area (Å²) in [7, 11) is 0. The van der Waals surface area contributed by atoms with Gasteiger partial charge in [-0.1, -0.05) is 29.8 Å². The summed E-state index contributed by atoms with van der Waals surface area (Å²) >= 11 is 6.61. The molecule has 0 radical (unpaired) electrons. The van der Waals surface area contributed by atoms with Crippen LogP contribution < -0.4 is 25.0 Å². The standard InChI is InChI=1S/C45H42ClFN2O12/c1-3-58-38-25-40-32(23-31(38)28-9-7-26(2)21-34(28)47)36(50)24-39(61-40)29-10-8-27(22-33(29)46)59-19-17-56-15-13-55-14-16-57-18-20-60-37-6-4-5-30-42(37)45(54)49(44(30)53)35-11-12-41(51)48-43(35)52/h4-10,21-25,35H,3,11-20H2,1-2H3,(H,48,51,52). The largest absolute Gasteiger partial charge is 0.493 e. The van der Waals surface area contributed by atoms with Crippen molar-refractivity contribution in [2.45, 2.75) is 32.7 Å². The lowest BCUT2D eigenvalue weighted by Gasteiger charge is -2.27. The number of hydrogen-bond acceptors (Lipinski definition) is 12. The van der Waals surface area contributed by atoms with E-state index in [-0.39, 0.29) is 84.9 Å². The van der Waals surface area contributed by atoms with Gasteiger partial charge in [0.2, 0.25) is 11.8 Å². The number of amides is 4. The van der Waals surface area contributed by atoms with Crippen molar-refractivity contribution in [2.24, 2.45) is 0 Å². The summed E-state index contributed by atoms with van der Waals surface area (Å²) < 4.78 is 55.1. The molecular weight excluding hydrogens is 815 g/mol. The van der Waals surface area contributed by atoms with E-state index in [1.54, 1.807) is 61.5 Å². The molecule has 1 atom stereocenters. The summed E-state index contributed by atoms with van der Waals surface area (Å²) in [6.45, 7) is 5.99. The summed E-state index contributed by atoms with van der Waals surface area (Å²) in [6, 6.07) is 18.0. The fourth-order valence-corrected chi connectivity index (χ4v) is 7.26. The molecule has 318 valence electrons. The van der Waals surface area contributed by atoms with Gasteiger partial charge in [-0.15, -0.1) is 0 Å². The van der Waals surface area contributed by atoms with Crippen LogP contribution in [0.15, 0.2) is 82.0 Å². The smallest absolute Gasteiger partial charge is 0.266 e. The number of carbonyl (C=O) groups is 4. The first kappa shape index (κ1) is 43.0. The Kier molecular flexibility index (Phi) is 13.7. The maximum atomic E-state index is 14.9. The van der Waals surface area contributed by atoms with Crippen molar-refractivity contribution in [3.05, 3.63) is 111 Å². The number of rotatable bonds is 19. The van der Waals surface area contributed by atoms with Crippen LogP contribution in [0.25, 0.3) is 33.4 Å². The minimum absolute atomic E-state index is 0.0329. The van der Waals surface area contributed by atoms with Crippen LogP contribution in [0.4, 0.5) is 4.39 Å². The van der Waals surface area contributed by atoms with Crippen molar-refractivity contribution in [2.75, 3.05) is 59.5 Å². The molecule has 0 spiro atoms. The zero-order chi connectivity index (χ0) is 43.0. The molecule has 1 fully saturated rings. The number of nitrogens with one attached hydrogen (secondary N) is 1. The minimum atomic E-state index is -1.06. The maximum absolute atomic E-state index is 14.9. The molecule has 0 bridgehead atoms. The lowest BCUT2D eigenvalue weighted by Crippen LogP contribution is -2.54. The minimum Gasteiger partial charge on any atom is -0.493 e. The Morgan fingerprint density at radius 1 is 0.738 bits per heavy atom. The van der Waals surface area contributed by atoms with Gasteiger partial charge in [0, 0.05) is 35.2 Å². The van der Waals surface area contributed by atoms with Crippen molar-refractivity contribution in [3.63, 3.8) is 0 Å². The highest BCUT2D eigenvalue weighted by Crippen LogP contribution is 2.38. The van der Waals surface area contributed by atoms with Crippen LogP contribution in [-0.4, -0.2) is 94.0 Å². The lowest BCUT2D eigenvalue weighted by molar-refractivity contribution is -0.136. The summed E-state index contributed by atoms with van der Waals surface area (Å²) in [5.41, 5.74) is 2.19. The van der Waals surface area contributed by atoms with Gasteiger partial charge in [-0.05, 0) is 68.3 Å². The molecule has 14 nitrogen and oxygen atoms in total. The van der Waals surface area contributed by atoms with E-state index in [0.29, 0.717) is 59.6 Å². The number of halogens is 2. The van der Waals surface area contributed by atoms with E-state index in [2.05, 4.69) is 5.32 Å². The van der Waals surface area contributed by atoms with Gasteiger partial charge < -0.3 is 32.8 Å². The van der Waals surface area contributed by atoms with Gasteiger partial charge in [-0.2, -0.15) is 0 Å². The highest BCUT2D eigenvalue weighted by Gasteiger charge is 2.46. The predicted octanol–water partition coefficient (Wildman–Crippen LogP) is 6.54. The average molecular weight is 857 g/mol. The van der Waals surface area contributed by atoms with E-state index in [9.17, 15) is 28.4 Å². The lowest BCUT2D eigenvalue weighted by atomic mass is 10.00. The van der Waals surface area contributed by atoms with E-state index >= 15 is 0 Å². The summed E-state index contributed by atoms with van der Waals surface area (Å²) in [4.78, 5) is 64.2. The quantitative estimate of drug-likeness (QED) is 0.0705. The molecule has 0 aliphatic carbocycles. The molecule has 4 amide bonds. The highest BCUT2D eigenvalue weighted by atomic mass is 35.5. The Labute approximate surface area is 354 Å². The van der Waals surface area contributed by atoms with Gasteiger partial charge in [0.25, 0.3) is 11.8 Å². The van der Waals surface area contributed by atoms with E-state index in [0.717, 1.165) is 10.5 Å². The number of ether oxygens (including phenoxy) is 6. The van der Waals surface area contributed by atoms with Crippen molar-refractivity contribution in [3.8, 4) is 39.7 Å². The molecule has 2 aliphatic rings. The molecule has 2 aliphatic heterocycles. The molecule has 16 heteroatoms. The van der Waals surface area contributed by atoms with Gasteiger partial charge in [0.05, 0.1) is 67.8 Å². The first-order valence-electron chi connectivity index (χ1n) is 19.7. The molecular formula is C45H42ClFN2O12. The third-order valence-electron chi connectivity index (χ3n) is 9.91. The number of imide groups is 2. The Morgan fingerprint density at radius 3 is 2.13 bits per heavy atom. The van der Waals surface area contributed by atoms with Crippen LogP contribution in [0.2, 0.25) is 5.02 Å². The molecule has 7 rings (SSSR count). The summed E-state index contributed by atoms with van der Waals surface area (Å²) in [5, 5.41) is 2.76. The van der Waals surface area contributed by atoms with E-state index in [1.807, 2.05) is 6.92 Å². The molecule has 61 heavy (non-hydrogen) atoms. The predicted molar refractivity (Wildman–Crippen MR) is 221 cm³/mol. The summed E-state index contributed by atoms with van der Waals surface area (Å²) in [6.07, 6.45) is 0.0976. The number of fused-ring (bicyclic) bond motifs is 2. The Balaban J connectivity index is 0.802. The van der Waals surface area contributed by atoms with Gasteiger partial charge in [-0.3, -0.25) is 34.2 Å². The molecule has 3 heterocycles. The fraction of sp³-hybridized carbons (Fsp3) is 0.311. The average Bonchev–Trinajstić information content (AvgIpc) is 3.48. The van der Waals surface area contributed by atoms with E-state index in [1.165, 1.54) is 18.2 Å². The number of aryl methyl sites for hydroxylation is 1. The van der Waals surface area contributed by atoms with E-state index < -0.39 is 35.5 Å². The van der Waals surface area contributed by atoms with Crippen molar-refractivity contribution in [1.29, 1.82) is 0 Å². The van der Waals surface area contributed by atoms with Gasteiger partial charge in [0.1, 0.15) is 53.7 Å². The van der Waals surface area contributed by atoms with E-state index in [4.69, 9.17) is 44.4 Å². The normalized spacial score (nSPS) is 15.0. The van der Waals surface area contributed by atoms with Gasteiger partial charge >= 0.3 is 0 Å². The Bertz CT molecular complexity index is 2540. The highest BCUT2D eigenvalue weighted by molar-refractivity contribution is 6.33. The molecule has 1 N–H and O–H groups in total. The summed E-state index contributed by atoms with van der Waals surface area (Å²) in [5.74, 6) is -1.46. The fourth-order valence-electron chi connectivity index (χ4n) is 7.00. The van der Waals surface area contributed by atoms with Crippen molar-refractivity contribution in [1.82, 2.24) is 10.2 Å². The Hall–Kier alpha value is -6.13. The molecule has 5 aromatic rings.